The van der Waals surface area contributed by atoms with Crippen LogP contribution in [0.25, 0.3) is 0 Å². The van der Waals surface area contributed by atoms with E-state index in [2.05, 4.69) is 0 Å². The van der Waals surface area contributed by atoms with E-state index < -0.39 is 6.10 Å². The molecule has 0 aromatic carbocycles. The van der Waals surface area contributed by atoms with Crippen molar-refractivity contribution in [2.75, 3.05) is 0 Å². The lowest BCUT2D eigenvalue weighted by Crippen LogP contribution is -2.40. The number of rotatable bonds is 1. The molecule has 1 aliphatic carbocycles. The Hall–Kier alpha value is -0.830. The number of aliphatic hydroxyl groups is 1. The minimum absolute atomic E-state index is 0.0775. The Labute approximate surface area is 78.0 Å². The number of nitrogens with zero attached hydrogens (tertiary/aromatic N) is 1. The van der Waals surface area contributed by atoms with Crippen LogP contribution in [0.5, 0.6) is 0 Å². The molecule has 72 valence electrons. The smallest absolute Gasteiger partial charge is 0.229 e. The van der Waals surface area contributed by atoms with Crippen molar-refractivity contribution in [3.63, 3.8) is 0 Å². The molecule has 3 nitrogen and oxygen atoms in total. The minimum Gasteiger partial charge on any atom is -0.390 e. The maximum Gasteiger partial charge on any atom is 0.229 e. The van der Waals surface area contributed by atoms with Gasteiger partial charge in [0.15, 0.2) is 0 Å². The third kappa shape index (κ3) is 1.10. The molecule has 1 saturated heterocycles. The van der Waals surface area contributed by atoms with Crippen LogP contribution < -0.4 is 0 Å². The van der Waals surface area contributed by atoms with E-state index in [0.717, 1.165) is 0 Å². The lowest BCUT2D eigenvalue weighted by molar-refractivity contribution is -0.133. The molecule has 1 fully saturated rings. The molecule has 0 radical (unpaired) electrons. The number of amides is 1. The second-order valence-electron chi connectivity index (χ2n) is 4.09. The van der Waals surface area contributed by atoms with Gasteiger partial charge in [-0.2, -0.15) is 0 Å². The number of carbonyl (C=O) groups excluding carboxylic acids is 1. The van der Waals surface area contributed by atoms with Crippen LogP contribution in [0.2, 0.25) is 0 Å². The van der Waals surface area contributed by atoms with E-state index in [1.165, 1.54) is 0 Å². The van der Waals surface area contributed by atoms with Crippen molar-refractivity contribution < 1.29 is 9.90 Å². The number of likely N-dealkylation sites (tertiary alicyclic amines) is 1. The van der Waals surface area contributed by atoms with E-state index >= 15 is 0 Å². The number of aliphatic hydroxyl groups excluding tert-OH is 1. The van der Waals surface area contributed by atoms with E-state index in [-0.39, 0.29) is 23.9 Å². The Balaban J connectivity index is 2.32. The van der Waals surface area contributed by atoms with Crippen molar-refractivity contribution in [2.24, 2.45) is 5.92 Å². The summed E-state index contributed by atoms with van der Waals surface area (Å²) in [6, 6.07) is 0.103. The molecule has 3 atom stereocenters. The number of fused-ring (bicyclic) bond motifs is 2. The molecule has 1 aliphatic heterocycles. The summed E-state index contributed by atoms with van der Waals surface area (Å²) < 4.78 is 0. The van der Waals surface area contributed by atoms with Crippen LogP contribution in [0, 0.1) is 5.92 Å². The lowest BCUT2D eigenvalue weighted by atomic mass is 9.93. The van der Waals surface area contributed by atoms with E-state index in [1.54, 1.807) is 4.90 Å². The molecule has 2 bridgehead atoms. The predicted molar refractivity (Wildman–Crippen MR) is 49.0 cm³/mol. The van der Waals surface area contributed by atoms with Gasteiger partial charge in [-0.15, -0.1) is 0 Å². The van der Waals surface area contributed by atoms with Gasteiger partial charge in [0.05, 0.1) is 18.1 Å². The molecule has 2 aliphatic rings. The molecular weight excluding hydrogens is 166 g/mol. The fraction of sp³-hybridized carbons (Fsp3) is 0.700. The van der Waals surface area contributed by atoms with Gasteiger partial charge in [-0.25, -0.2) is 0 Å². The second-order valence-corrected chi connectivity index (χ2v) is 4.09. The summed E-state index contributed by atoms with van der Waals surface area (Å²) in [5.41, 5.74) is 0. The van der Waals surface area contributed by atoms with Gasteiger partial charge >= 0.3 is 0 Å². The zero-order chi connectivity index (χ0) is 9.59. The van der Waals surface area contributed by atoms with Crippen LogP contribution in [0.4, 0.5) is 0 Å². The predicted octanol–water partition coefficient (Wildman–Crippen LogP) is 0.543. The largest absolute Gasteiger partial charge is 0.390 e. The quantitative estimate of drug-likeness (QED) is 0.600. The van der Waals surface area contributed by atoms with Gasteiger partial charge in [0.1, 0.15) is 0 Å². The van der Waals surface area contributed by atoms with Crippen molar-refractivity contribution in [1.82, 2.24) is 4.90 Å². The Morgan fingerprint density at radius 3 is 2.85 bits per heavy atom. The maximum atomic E-state index is 11.8. The molecule has 1 heterocycles. The summed E-state index contributed by atoms with van der Waals surface area (Å²) in [5, 5.41) is 9.78. The average molecular weight is 181 g/mol. The SMILES string of the molecule is CC(C)N1C(=O)[C@@H]2CC=C[C@H]1[C@@H]2O. The molecule has 0 unspecified atom stereocenters. The first-order valence-electron chi connectivity index (χ1n) is 4.80. The van der Waals surface area contributed by atoms with Crippen LogP contribution in [0.3, 0.4) is 0 Å². The first kappa shape index (κ1) is 8.75. The highest BCUT2D eigenvalue weighted by molar-refractivity contribution is 5.84. The summed E-state index contributed by atoms with van der Waals surface area (Å²) in [7, 11) is 0. The molecule has 0 aromatic rings. The van der Waals surface area contributed by atoms with Crippen LogP contribution in [0.15, 0.2) is 12.2 Å². The van der Waals surface area contributed by atoms with Crippen molar-refractivity contribution in [2.45, 2.75) is 38.5 Å². The number of allylic oxidation sites excluding steroid dienone is 1. The highest BCUT2D eigenvalue weighted by Gasteiger charge is 2.47. The highest BCUT2D eigenvalue weighted by atomic mass is 16.3. The minimum atomic E-state index is -0.486. The molecule has 0 aromatic heterocycles. The summed E-state index contributed by atoms with van der Waals surface area (Å²) in [6.45, 7) is 3.97. The summed E-state index contributed by atoms with van der Waals surface area (Å²) in [5.74, 6) is -0.0742. The van der Waals surface area contributed by atoms with Gasteiger partial charge in [-0.1, -0.05) is 12.2 Å². The zero-order valence-electron chi connectivity index (χ0n) is 7.97. The standard InChI is InChI=1S/C10H15NO2/c1-6(2)11-8-5-3-4-7(9(8)12)10(11)13/h3,5-9,12H,4H2,1-2H3/t7-,8+,9-/m1/s1. The molecule has 3 heteroatoms. The molecule has 1 N–H and O–H groups in total. The normalized spacial score (nSPS) is 37.7. The van der Waals surface area contributed by atoms with Gasteiger partial charge in [-0.05, 0) is 20.3 Å². The third-order valence-corrected chi connectivity index (χ3v) is 2.93. The van der Waals surface area contributed by atoms with E-state index in [1.807, 2.05) is 26.0 Å². The summed E-state index contributed by atoms with van der Waals surface area (Å²) in [4.78, 5) is 13.6. The Bertz CT molecular complexity index is 260. The van der Waals surface area contributed by atoms with Gasteiger partial charge in [0, 0.05) is 6.04 Å². The average Bonchev–Trinajstić information content (AvgIpc) is 2.24. The fourth-order valence-corrected chi connectivity index (χ4v) is 2.30. The van der Waals surface area contributed by atoms with Gasteiger partial charge < -0.3 is 10.0 Å². The van der Waals surface area contributed by atoms with Gasteiger partial charge in [-0.3, -0.25) is 4.79 Å². The van der Waals surface area contributed by atoms with Crippen molar-refractivity contribution in [3.05, 3.63) is 12.2 Å². The number of hydrogen-bond acceptors (Lipinski definition) is 2. The molecular formula is C10H15NO2. The van der Waals surface area contributed by atoms with Crippen molar-refractivity contribution in [3.8, 4) is 0 Å². The molecule has 2 rings (SSSR count). The van der Waals surface area contributed by atoms with Crippen LogP contribution >= 0.6 is 0 Å². The topological polar surface area (TPSA) is 40.5 Å². The molecule has 0 spiro atoms. The summed E-state index contributed by atoms with van der Waals surface area (Å²) >= 11 is 0. The second kappa shape index (κ2) is 2.84. The van der Waals surface area contributed by atoms with E-state index in [4.69, 9.17) is 0 Å². The van der Waals surface area contributed by atoms with Gasteiger partial charge in [0.2, 0.25) is 5.91 Å². The number of carbonyl (C=O) groups is 1. The molecule has 1 amide bonds. The van der Waals surface area contributed by atoms with E-state index in [0.29, 0.717) is 6.42 Å². The lowest BCUT2D eigenvalue weighted by Gasteiger charge is -2.27. The van der Waals surface area contributed by atoms with Crippen LogP contribution in [-0.4, -0.2) is 34.1 Å². The zero-order valence-corrected chi connectivity index (χ0v) is 7.97. The number of hydrogen-bond donors (Lipinski definition) is 1. The van der Waals surface area contributed by atoms with E-state index in [9.17, 15) is 9.90 Å². The molecule has 0 saturated carbocycles. The van der Waals surface area contributed by atoms with Gasteiger partial charge in [0.25, 0.3) is 0 Å². The van der Waals surface area contributed by atoms with Crippen LogP contribution in [-0.2, 0) is 4.79 Å². The third-order valence-electron chi connectivity index (χ3n) is 2.93. The van der Waals surface area contributed by atoms with Crippen molar-refractivity contribution in [1.29, 1.82) is 0 Å². The molecule has 13 heavy (non-hydrogen) atoms. The Kier molecular flexibility index (Phi) is 1.91. The summed E-state index contributed by atoms with van der Waals surface area (Å²) in [6.07, 6.45) is 4.16. The Morgan fingerprint density at radius 1 is 1.62 bits per heavy atom. The first-order chi connectivity index (χ1) is 6.13. The van der Waals surface area contributed by atoms with Crippen molar-refractivity contribution >= 4 is 5.91 Å². The highest BCUT2D eigenvalue weighted by Crippen LogP contribution is 2.34. The first-order valence-corrected chi connectivity index (χ1v) is 4.80. The fourth-order valence-electron chi connectivity index (χ4n) is 2.30. The maximum absolute atomic E-state index is 11.8. The monoisotopic (exact) mass is 181 g/mol. The van der Waals surface area contributed by atoms with Crippen LogP contribution in [0.1, 0.15) is 20.3 Å². The Morgan fingerprint density at radius 2 is 2.31 bits per heavy atom.